The van der Waals surface area contributed by atoms with Gasteiger partial charge in [-0.3, -0.25) is 9.78 Å². The van der Waals surface area contributed by atoms with E-state index in [0.29, 0.717) is 11.1 Å². The van der Waals surface area contributed by atoms with Gasteiger partial charge in [0.2, 0.25) is 0 Å². The Kier molecular flexibility index (Phi) is 3.13. The lowest BCUT2D eigenvalue weighted by Gasteiger charge is -2.06. The topological polar surface area (TPSA) is 30.0 Å². The quantitative estimate of drug-likeness (QED) is 0.663. The zero-order chi connectivity index (χ0) is 13.2. The summed E-state index contributed by atoms with van der Waals surface area (Å²) in [4.78, 5) is 16.9. The van der Waals surface area contributed by atoms with Gasteiger partial charge in [0.05, 0.1) is 5.52 Å². The third-order valence-electron chi connectivity index (χ3n) is 3.01. The van der Waals surface area contributed by atoms with Crippen LogP contribution in [-0.2, 0) is 0 Å². The Morgan fingerprint density at radius 2 is 1.68 bits per heavy atom. The first-order valence-electron chi connectivity index (χ1n) is 5.90. The first-order chi connectivity index (χ1) is 9.27. The number of aromatic nitrogens is 1. The number of carbonyl (C=O) groups is 1. The molecule has 0 aliphatic rings. The van der Waals surface area contributed by atoms with Crippen molar-refractivity contribution in [2.45, 2.75) is 0 Å². The molecule has 0 bridgehead atoms. The predicted octanol–water partition coefficient (Wildman–Crippen LogP) is 4.23. The number of carbonyl (C=O) groups excluding carboxylic acids is 1. The molecule has 0 saturated heterocycles. The van der Waals surface area contributed by atoms with Gasteiger partial charge in [-0.05, 0) is 24.3 Å². The van der Waals surface area contributed by atoms with E-state index in [1.807, 2.05) is 54.6 Å². The number of pyridine rings is 1. The van der Waals surface area contributed by atoms with E-state index < -0.39 is 0 Å². The summed E-state index contributed by atoms with van der Waals surface area (Å²) in [5.74, 6) is 0.00563. The third kappa shape index (κ3) is 2.17. The Morgan fingerprint density at radius 3 is 2.53 bits per heavy atom. The molecule has 0 radical (unpaired) electrons. The van der Waals surface area contributed by atoms with Crippen molar-refractivity contribution in [3.05, 3.63) is 76.4 Å². The Hall–Kier alpha value is -2.00. The second-order valence-electron chi connectivity index (χ2n) is 4.18. The molecule has 0 amide bonds. The molecule has 3 rings (SSSR count). The van der Waals surface area contributed by atoms with Crippen LogP contribution in [0.15, 0.2) is 65.3 Å². The minimum Gasteiger partial charge on any atom is -0.289 e. The highest BCUT2D eigenvalue weighted by Crippen LogP contribution is 2.23. The molecule has 92 valence electrons. The van der Waals surface area contributed by atoms with Gasteiger partial charge in [-0.2, -0.15) is 0 Å². The molecule has 1 aromatic heterocycles. The van der Waals surface area contributed by atoms with Crippen LogP contribution in [0.2, 0.25) is 0 Å². The average molecular weight is 312 g/mol. The standard InChI is InChI=1S/C16H10BrNO/c17-14-8-2-1-5-13(14)16(19)12-6-3-9-15-11(12)7-4-10-18-15/h1-10H. The van der Waals surface area contributed by atoms with Gasteiger partial charge in [-0.15, -0.1) is 0 Å². The molecule has 2 nitrogen and oxygen atoms in total. The molecule has 0 spiro atoms. The number of hydrogen-bond acceptors (Lipinski definition) is 2. The molecule has 0 atom stereocenters. The Morgan fingerprint density at radius 1 is 0.895 bits per heavy atom. The Labute approximate surface area is 119 Å². The molecule has 1 heterocycles. The van der Waals surface area contributed by atoms with Crippen molar-refractivity contribution < 1.29 is 4.79 Å². The van der Waals surface area contributed by atoms with Crippen molar-refractivity contribution >= 4 is 32.6 Å². The lowest BCUT2D eigenvalue weighted by Crippen LogP contribution is -2.03. The summed E-state index contributed by atoms with van der Waals surface area (Å²) in [6.45, 7) is 0. The van der Waals surface area contributed by atoms with Gasteiger partial charge in [0, 0.05) is 27.2 Å². The number of nitrogens with zero attached hydrogens (tertiary/aromatic N) is 1. The van der Waals surface area contributed by atoms with E-state index >= 15 is 0 Å². The maximum atomic E-state index is 12.6. The van der Waals surface area contributed by atoms with Crippen LogP contribution < -0.4 is 0 Å². The fraction of sp³-hybridized carbons (Fsp3) is 0. The number of rotatable bonds is 2. The largest absolute Gasteiger partial charge is 0.289 e. The van der Waals surface area contributed by atoms with Crippen molar-refractivity contribution in [1.82, 2.24) is 4.98 Å². The van der Waals surface area contributed by atoms with Gasteiger partial charge < -0.3 is 0 Å². The number of hydrogen-bond donors (Lipinski definition) is 0. The van der Waals surface area contributed by atoms with Gasteiger partial charge in [-0.1, -0.05) is 46.3 Å². The van der Waals surface area contributed by atoms with E-state index in [1.54, 1.807) is 6.20 Å². The van der Waals surface area contributed by atoms with Gasteiger partial charge in [0.25, 0.3) is 0 Å². The molecule has 0 aliphatic heterocycles. The first-order valence-corrected chi connectivity index (χ1v) is 6.69. The van der Waals surface area contributed by atoms with Crippen molar-refractivity contribution in [3.8, 4) is 0 Å². The SMILES string of the molecule is O=C(c1ccccc1Br)c1cccc2ncccc12. The summed E-state index contributed by atoms with van der Waals surface area (Å²) >= 11 is 3.42. The highest BCUT2D eigenvalue weighted by molar-refractivity contribution is 9.10. The summed E-state index contributed by atoms with van der Waals surface area (Å²) in [5, 5.41) is 0.880. The average Bonchev–Trinajstić information content (AvgIpc) is 2.46. The molecule has 0 saturated carbocycles. The van der Waals surface area contributed by atoms with E-state index in [0.717, 1.165) is 15.4 Å². The molecule has 0 N–H and O–H groups in total. The first kappa shape index (κ1) is 12.1. The van der Waals surface area contributed by atoms with Crippen LogP contribution in [-0.4, -0.2) is 10.8 Å². The van der Waals surface area contributed by atoms with Crippen molar-refractivity contribution in [2.24, 2.45) is 0 Å². The molecular weight excluding hydrogens is 302 g/mol. The van der Waals surface area contributed by atoms with Crippen LogP contribution in [0.3, 0.4) is 0 Å². The van der Waals surface area contributed by atoms with Gasteiger partial charge in [0.1, 0.15) is 0 Å². The molecule has 19 heavy (non-hydrogen) atoms. The highest BCUT2D eigenvalue weighted by Gasteiger charge is 2.14. The molecule has 2 aromatic carbocycles. The molecule has 3 aromatic rings. The predicted molar refractivity (Wildman–Crippen MR) is 79.3 cm³/mol. The molecule has 0 aliphatic carbocycles. The van der Waals surface area contributed by atoms with Crippen LogP contribution in [0.4, 0.5) is 0 Å². The zero-order valence-electron chi connectivity index (χ0n) is 10.0. The number of halogens is 1. The van der Waals surface area contributed by atoms with E-state index in [1.165, 1.54) is 0 Å². The van der Waals surface area contributed by atoms with Gasteiger partial charge >= 0.3 is 0 Å². The lowest BCUT2D eigenvalue weighted by atomic mass is 9.99. The van der Waals surface area contributed by atoms with E-state index in [-0.39, 0.29) is 5.78 Å². The van der Waals surface area contributed by atoms with Crippen molar-refractivity contribution in [2.75, 3.05) is 0 Å². The molecule has 3 heteroatoms. The van der Waals surface area contributed by atoms with Crippen molar-refractivity contribution in [3.63, 3.8) is 0 Å². The lowest BCUT2D eigenvalue weighted by molar-refractivity contribution is 0.103. The fourth-order valence-electron chi connectivity index (χ4n) is 2.09. The summed E-state index contributed by atoms with van der Waals surface area (Å²) < 4.78 is 0.806. The molecular formula is C16H10BrNO. The summed E-state index contributed by atoms with van der Waals surface area (Å²) in [5.41, 5.74) is 2.18. The minimum absolute atomic E-state index is 0.00563. The second kappa shape index (κ2) is 4.94. The van der Waals surface area contributed by atoms with Crippen LogP contribution in [0.1, 0.15) is 15.9 Å². The Bertz CT molecular complexity index is 762. The van der Waals surface area contributed by atoms with Crippen LogP contribution in [0, 0.1) is 0 Å². The van der Waals surface area contributed by atoms with Crippen LogP contribution >= 0.6 is 15.9 Å². The smallest absolute Gasteiger partial charge is 0.194 e. The second-order valence-corrected chi connectivity index (χ2v) is 5.04. The number of benzene rings is 2. The highest BCUT2D eigenvalue weighted by atomic mass is 79.9. The van der Waals surface area contributed by atoms with Crippen LogP contribution in [0.5, 0.6) is 0 Å². The summed E-state index contributed by atoms with van der Waals surface area (Å²) in [6, 6.07) is 16.8. The van der Waals surface area contributed by atoms with E-state index in [4.69, 9.17) is 0 Å². The maximum Gasteiger partial charge on any atom is 0.194 e. The summed E-state index contributed by atoms with van der Waals surface area (Å²) in [7, 11) is 0. The maximum absolute atomic E-state index is 12.6. The normalized spacial score (nSPS) is 10.6. The minimum atomic E-state index is 0.00563. The van der Waals surface area contributed by atoms with Crippen LogP contribution in [0.25, 0.3) is 10.9 Å². The summed E-state index contributed by atoms with van der Waals surface area (Å²) in [6.07, 6.45) is 1.73. The molecule has 0 fully saturated rings. The fourth-order valence-corrected chi connectivity index (χ4v) is 2.56. The van der Waals surface area contributed by atoms with Crippen molar-refractivity contribution in [1.29, 1.82) is 0 Å². The number of ketones is 1. The van der Waals surface area contributed by atoms with Gasteiger partial charge in [0.15, 0.2) is 5.78 Å². The molecule has 0 unspecified atom stereocenters. The number of fused-ring (bicyclic) bond motifs is 1. The monoisotopic (exact) mass is 311 g/mol. The zero-order valence-corrected chi connectivity index (χ0v) is 11.6. The van der Waals surface area contributed by atoms with E-state index in [9.17, 15) is 4.79 Å². The van der Waals surface area contributed by atoms with Gasteiger partial charge in [-0.25, -0.2) is 0 Å². The van der Waals surface area contributed by atoms with E-state index in [2.05, 4.69) is 20.9 Å². The third-order valence-corrected chi connectivity index (χ3v) is 3.70. The Balaban J connectivity index is 2.20.